The van der Waals surface area contributed by atoms with Gasteiger partial charge in [-0.15, -0.1) is 0 Å². The number of benzene rings is 1. The molecule has 1 rings (SSSR count). The van der Waals surface area contributed by atoms with Crippen LogP contribution < -0.4 is 5.32 Å². The van der Waals surface area contributed by atoms with E-state index >= 15 is 0 Å². The van der Waals surface area contributed by atoms with Gasteiger partial charge in [-0.1, -0.05) is 6.92 Å². The molecule has 1 unspecified atom stereocenters. The standard InChI is InChI=1S/C11H14F2N2O2S/c1-7(6-18-2)5-14-11-9(15(16)17)4-3-8(12)10(11)13/h3-4,7,14H,5-6H2,1-2H3. The lowest BCUT2D eigenvalue weighted by Gasteiger charge is -2.13. The fourth-order valence-corrected chi connectivity index (χ4v) is 2.17. The molecule has 0 heterocycles. The molecule has 0 aliphatic heterocycles. The minimum Gasteiger partial charge on any atom is -0.377 e. The lowest BCUT2D eigenvalue weighted by molar-refractivity contribution is -0.384. The first-order chi connectivity index (χ1) is 8.47. The predicted octanol–water partition coefficient (Wildman–Crippen LogP) is 3.28. The number of halogens is 2. The molecule has 18 heavy (non-hydrogen) atoms. The number of thioether (sulfide) groups is 1. The van der Waals surface area contributed by atoms with Crippen molar-refractivity contribution in [2.24, 2.45) is 5.92 Å². The number of hydrogen-bond acceptors (Lipinski definition) is 4. The Kier molecular flexibility index (Phi) is 5.33. The molecular weight excluding hydrogens is 262 g/mol. The highest BCUT2D eigenvalue weighted by atomic mass is 32.2. The van der Waals surface area contributed by atoms with E-state index < -0.39 is 22.2 Å². The number of nitrogens with zero attached hydrogens (tertiary/aromatic N) is 1. The Balaban J connectivity index is 2.92. The second kappa shape index (κ2) is 6.53. The topological polar surface area (TPSA) is 55.2 Å². The second-order valence-electron chi connectivity index (χ2n) is 3.95. The summed E-state index contributed by atoms with van der Waals surface area (Å²) in [5.41, 5.74) is -0.835. The summed E-state index contributed by atoms with van der Waals surface area (Å²) >= 11 is 1.62. The minimum absolute atomic E-state index is 0.197. The first-order valence-corrected chi connectivity index (χ1v) is 6.72. The van der Waals surface area contributed by atoms with Crippen molar-refractivity contribution in [1.29, 1.82) is 0 Å². The van der Waals surface area contributed by atoms with Gasteiger partial charge >= 0.3 is 0 Å². The lowest BCUT2D eigenvalue weighted by Crippen LogP contribution is -2.15. The maximum atomic E-state index is 13.5. The van der Waals surface area contributed by atoms with Crippen LogP contribution in [0, 0.1) is 27.7 Å². The van der Waals surface area contributed by atoms with Gasteiger partial charge in [0.15, 0.2) is 17.3 Å². The van der Waals surface area contributed by atoms with E-state index in [1.807, 2.05) is 13.2 Å². The zero-order chi connectivity index (χ0) is 13.7. The first kappa shape index (κ1) is 14.7. The van der Waals surface area contributed by atoms with E-state index in [4.69, 9.17) is 0 Å². The van der Waals surface area contributed by atoms with Gasteiger partial charge in [-0.2, -0.15) is 11.8 Å². The van der Waals surface area contributed by atoms with Gasteiger partial charge in [-0.25, -0.2) is 8.78 Å². The number of nitro benzene ring substituents is 1. The van der Waals surface area contributed by atoms with E-state index in [0.717, 1.165) is 17.9 Å². The van der Waals surface area contributed by atoms with Crippen LogP contribution >= 0.6 is 11.8 Å². The van der Waals surface area contributed by atoms with Crippen molar-refractivity contribution in [2.75, 3.05) is 23.9 Å². The van der Waals surface area contributed by atoms with E-state index in [1.165, 1.54) is 0 Å². The molecule has 0 saturated carbocycles. The summed E-state index contributed by atoms with van der Waals surface area (Å²) < 4.78 is 26.6. The van der Waals surface area contributed by atoms with Crippen LogP contribution in [0.3, 0.4) is 0 Å². The second-order valence-corrected chi connectivity index (χ2v) is 4.86. The van der Waals surface area contributed by atoms with Crippen LogP contribution in [0.15, 0.2) is 12.1 Å². The number of hydrogen-bond donors (Lipinski definition) is 1. The van der Waals surface area contributed by atoms with Crippen molar-refractivity contribution in [3.05, 3.63) is 33.9 Å². The van der Waals surface area contributed by atoms with Crippen molar-refractivity contribution in [1.82, 2.24) is 0 Å². The van der Waals surface area contributed by atoms with Crippen LogP contribution in [0.5, 0.6) is 0 Å². The van der Waals surface area contributed by atoms with E-state index in [-0.39, 0.29) is 11.6 Å². The smallest absolute Gasteiger partial charge is 0.295 e. The Morgan fingerprint density at radius 3 is 2.72 bits per heavy atom. The summed E-state index contributed by atoms with van der Waals surface area (Å²) in [6.45, 7) is 2.27. The molecule has 0 saturated heterocycles. The minimum atomic E-state index is -1.21. The average Bonchev–Trinajstić information content (AvgIpc) is 2.31. The highest BCUT2D eigenvalue weighted by Gasteiger charge is 2.21. The van der Waals surface area contributed by atoms with Crippen LogP contribution in [0.1, 0.15) is 6.92 Å². The molecule has 1 atom stereocenters. The number of nitro groups is 1. The Morgan fingerprint density at radius 1 is 1.50 bits per heavy atom. The van der Waals surface area contributed by atoms with Crippen molar-refractivity contribution in [2.45, 2.75) is 6.92 Å². The molecule has 0 aliphatic rings. The van der Waals surface area contributed by atoms with Gasteiger partial charge in [0.05, 0.1) is 4.92 Å². The average molecular weight is 276 g/mol. The van der Waals surface area contributed by atoms with Crippen molar-refractivity contribution in [3.8, 4) is 0 Å². The highest BCUT2D eigenvalue weighted by molar-refractivity contribution is 7.98. The normalized spacial score (nSPS) is 12.2. The molecule has 0 spiro atoms. The quantitative estimate of drug-likeness (QED) is 0.640. The maximum absolute atomic E-state index is 13.5. The SMILES string of the molecule is CSCC(C)CNc1c([N+](=O)[O-])ccc(F)c1F. The van der Waals surface area contributed by atoms with Crippen LogP contribution in [-0.4, -0.2) is 23.5 Å². The maximum Gasteiger partial charge on any atom is 0.295 e. The van der Waals surface area contributed by atoms with E-state index in [2.05, 4.69) is 5.32 Å². The van der Waals surface area contributed by atoms with E-state index in [1.54, 1.807) is 11.8 Å². The summed E-state index contributed by atoms with van der Waals surface area (Å²) in [7, 11) is 0. The molecule has 4 nitrogen and oxygen atoms in total. The monoisotopic (exact) mass is 276 g/mol. The first-order valence-electron chi connectivity index (χ1n) is 5.32. The molecule has 0 fully saturated rings. The summed E-state index contributed by atoms with van der Waals surface area (Å²) in [6.07, 6.45) is 1.93. The number of nitrogens with one attached hydrogen (secondary N) is 1. The Hall–Kier alpha value is -1.37. The molecule has 100 valence electrons. The third-order valence-corrected chi connectivity index (χ3v) is 3.25. The van der Waals surface area contributed by atoms with Gasteiger partial charge in [0.1, 0.15) is 0 Å². The number of rotatable bonds is 6. The number of anilines is 1. The van der Waals surface area contributed by atoms with Crippen LogP contribution in [0.2, 0.25) is 0 Å². The van der Waals surface area contributed by atoms with Crippen LogP contribution in [-0.2, 0) is 0 Å². The summed E-state index contributed by atoms with van der Waals surface area (Å²) in [6, 6.07) is 1.71. The zero-order valence-electron chi connectivity index (χ0n) is 10.1. The van der Waals surface area contributed by atoms with E-state index in [9.17, 15) is 18.9 Å². The predicted molar refractivity (Wildman–Crippen MR) is 69.0 cm³/mol. The summed E-state index contributed by atoms with van der Waals surface area (Å²) in [5, 5.41) is 13.3. The third-order valence-electron chi connectivity index (χ3n) is 2.35. The van der Waals surface area contributed by atoms with Gasteiger partial charge in [-0.05, 0) is 24.0 Å². The Bertz CT molecular complexity index is 443. The molecule has 0 bridgehead atoms. The molecule has 0 aliphatic carbocycles. The third kappa shape index (κ3) is 3.56. The largest absolute Gasteiger partial charge is 0.377 e. The Labute approximate surface area is 108 Å². The molecule has 0 aromatic heterocycles. The van der Waals surface area contributed by atoms with Crippen molar-refractivity contribution < 1.29 is 13.7 Å². The molecule has 1 N–H and O–H groups in total. The van der Waals surface area contributed by atoms with Gasteiger partial charge in [0.25, 0.3) is 5.69 Å². The molecule has 0 amide bonds. The van der Waals surface area contributed by atoms with E-state index in [0.29, 0.717) is 6.54 Å². The molecular formula is C11H14F2N2O2S. The molecule has 1 aromatic rings. The Morgan fingerprint density at radius 2 is 2.17 bits per heavy atom. The summed E-state index contributed by atoms with van der Waals surface area (Å²) in [4.78, 5) is 10.00. The van der Waals surface area contributed by atoms with Gasteiger partial charge in [0.2, 0.25) is 0 Å². The molecule has 1 aromatic carbocycles. The van der Waals surface area contributed by atoms with Crippen molar-refractivity contribution >= 4 is 23.1 Å². The highest BCUT2D eigenvalue weighted by Crippen LogP contribution is 2.29. The fourth-order valence-electron chi connectivity index (χ4n) is 1.48. The van der Waals surface area contributed by atoms with Crippen molar-refractivity contribution in [3.63, 3.8) is 0 Å². The van der Waals surface area contributed by atoms with Gasteiger partial charge < -0.3 is 5.32 Å². The lowest BCUT2D eigenvalue weighted by atomic mass is 10.2. The van der Waals surface area contributed by atoms with Gasteiger partial charge in [0, 0.05) is 12.6 Å². The van der Waals surface area contributed by atoms with Crippen LogP contribution in [0.4, 0.5) is 20.2 Å². The molecule has 0 radical (unpaired) electrons. The summed E-state index contributed by atoms with van der Waals surface area (Å²) in [5.74, 6) is -1.28. The van der Waals surface area contributed by atoms with Crippen LogP contribution in [0.25, 0.3) is 0 Å². The fraction of sp³-hybridized carbons (Fsp3) is 0.455. The zero-order valence-corrected chi connectivity index (χ0v) is 10.9. The molecule has 7 heteroatoms. The van der Waals surface area contributed by atoms with Gasteiger partial charge in [-0.3, -0.25) is 10.1 Å².